The van der Waals surface area contributed by atoms with E-state index < -0.39 is 0 Å². The summed E-state index contributed by atoms with van der Waals surface area (Å²) in [5.41, 5.74) is 0. The first-order chi connectivity index (χ1) is 9.41. The molecule has 0 bridgehead atoms. The Bertz CT molecular complexity index is 235. The molecule has 21 heavy (non-hydrogen) atoms. The molecule has 0 aliphatic heterocycles. The van der Waals surface area contributed by atoms with Crippen molar-refractivity contribution in [3.05, 3.63) is 52.6 Å². The molecule has 0 aliphatic carbocycles. The van der Waals surface area contributed by atoms with Crippen LogP contribution in [0.25, 0.3) is 0 Å². The smallest absolute Gasteiger partial charge is 0 e. The van der Waals surface area contributed by atoms with Crippen LogP contribution >= 0.6 is 0 Å². The molecule has 0 heterocycles. The van der Waals surface area contributed by atoms with Crippen LogP contribution in [0.15, 0.2) is 12.7 Å². The Balaban J connectivity index is -0.0000000128. The van der Waals surface area contributed by atoms with Gasteiger partial charge in [-0.3, -0.25) is 0 Å². The van der Waals surface area contributed by atoms with Crippen LogP contribution in [-0.2, 0) is 66.2 Å². The average Bonchev–Trinajstić information content (AvgIpc) is 2.59. The topological polar surface area (TPSA) is 129 Å². The Hall–Kier alpha value is -1.29. The molecule has 0 aromatic heterocycles. The van der Waals surface area contributed by atoms with Crippen molar-refractivity contribution in [3.8, 4) is 12.3 Å². The fraction of sp³-hybridized carbons (Fsp3) is 0.167. The van der Waals surface area contributed by atoms with Crippen LogP contribution in [-0.4, -0.2) is 13.2 Å². The van der Waals surface area contributed by atoms with Crippen molar-refractivity contribution in [2.24, 2.45) is 0 Å². The maximum Gasteiger partial charge on any atom is 0 e. The third-order valence-electron chi connectivity index (χ3n) is 0.421. The van der Waals surface area contributed by atoms with E-state index in [1.807, 2.05) is 0 Å². The van der Waals surface area contributed by atoms with Crippen molar-refractivity contribution < 1.29 is 66.2 Å². The second-order valence-corrected chi connectivity index (χ2v) is 1.01. The molecule has 7 nitrogen and oxygen atoms in total. The zero-order chi connectivity index (χ0) is 17.5. The van der Waals surface area contributed by atoms with Gasteiger partial charge in [0.05, 0.1) is 6.61 Å². The van der Waals surface area contributed by atoms with E-state index in [9.17, 15) is 0 Å². The first kappa shape index (κ1) is 60.1. The van der Waals surface area contributed by atoms with Crippen LogP contribution in [0.2, 0.25) is 0 Å². The van der Waals surface area contributed by atoms with E-state index in [1.165, 1.54) is 0 Å². The summed E-state index contributed by atoms with van der Waals surface area (Å²) in [4.78, 5) is 0. The van der Waals surface area contributed by atoms with Crippen molar-refractivity contribution in [2.45, 2.75) is 0 Å². The standard InChI is InChI=1S/C6H8O.6CO.2Co/c1-3-5-7-6-4-2;6*1-2;;/h1,4H,2,5-6H2;;;;;;;;. The van der Waals surface area contributed by atoms with Gasteiger partial charge in [-0.2, -0.15) is 0 Å². The van der Waals surface area contributed by atoms with E-state index in [-0.39, 0.29) is 33.6 Å². The predicted octanol–water partition coefficient (Wildman–Crippen LogP) is 0.592. The van der Waals surface area contributed by atoms with Crippen molar-refractivity contribution in [3.63, 3.8) is 0 Å². The van der Waals surface area contributed by atoms with Crippen LogP contribution in [0.4, 0.5) is 0 Å². The summed E-state index contributed by atoms with van der Waals surface area (Å²) in [6, 6.07) is 0. The van der Waals surface area contributed by atoms with Crippen molar-refractivity contribution in [1.82, 2.24) is 0 Å². The fourth-order valence-electron chi connectivity index (χ4n) is 0.201. The molecule has 2 radical (unpaired) electrons. The van der Waals surface area contributed by atoms with E-state index in [0.717, 1.165) is 0 Å². The number of hydrogen-bond acceptors (Lipinski definition) is 1. The van der Waals surface area contributed by atoms with E-state index in [1.54, 1.807) is 6.08 Å². The minimum absolute atomic E-state index is 0. The van der Waals surface area contributed by atoms with Gasteiger partial charge in [-0.15, -0.1) is 13.0 Å². The molecule has 0 saturated heterocycles. The SMILES string of the molecule is C#CCOCC=C.[C-]#[O+].[C-]#[O+].[C-]#[O+].[C-]#[O+].[C-]#[O+].[C-]#[O+].[Co].[Co]. The molecule has 0 unspecified atom stereocenters. The van der Waals surface area contributed by atoms with Crippen LogP contribution in [0.3, 0.4) is 0 Å². The van der Waals surface area contributed by atoms with Gasteiger partial charge >= 0.3 is 67.8 Å². The number of hydrogen-bond donors (Lipinski definition) is 0. The zero-order valence-corrected chi connectivity index (χ0v) is 12.4. The third-order valence-corrected chi connectivity index (χ3v) is 0.421. The van der Waals surface area contributed by atoms with Crippen LogP contribution < -0.4 is 0 Å². The molecule has 0 rings (SSSR count). The molecule has 0 amide bonds. The summed E-state index contributed by atoms with van der Waals surface area (Å²) in [5.74, 6) is 2.33. The summed E-state index contributed by atoms with van der Waals surface area (Å²) >= 11 is 0. The van der Waals surface area contributed by atoms with Gasteiger partial charge in [0.1, 0.15) is 6.61 Å². The molecule has 0 fully saturated rings. The largest absolute Gasteiger partial charge is 0 e. The Kier molecular flexibility index (Phi) is 1220. The molecular formula is C12H8Co2O7. The van der Waals surface area contributed by atoms with Gasteiger partial charge in [-0.1, -0.05) is 12.0 Å². The van der Waals surface area contributed by atoms with Gasteiger partial charge in [0.25, 0.3) is 0 Å². The summed E-state index contributed by atoms with van der Waals surface area (Å²) in [6.07, 6.45) is 6.52. The maximum atomic E-state index is 7.50. The molecule has 0 spiro atoms. The van der Waals surface area contributed by atoms with Gasteiger partial charge in [0, 0.05) is 33.6 Å². The Labute approximate surface area is 144 Å². The molecule has 0 aliphatic rings. The fourth-order valence-corrected chi connectivity index (χ4v) is 0.201. The second kappa shape index (κ2) is 426. The number of ether oxygens (including phenoxy) is 1. The molecule has 116 valence electrons. The molecule has 0 aromatic carbocycles. The Morgan fingerprint density at radius 1 is 0.810 bits per heavy atom. The van der Waals surface area contributed by atoms with Gasteiger partial charge in [-0.05, 0) is 0 Å². The minimum atomic E-state index is 0. The first-order valence-corrected chi connectivity index (χ1v) is 3.26. The monoisotopic (exact) mass is 382 g/mol. The quantitative estimate of drug-likeness (QED) is 0.229. The normalized spacial score (nSPS) is 3.00. The van der Waals surface area contributed by atoms with Crippen LogP contribution in [0.1, 0.15) is 0 Å². The first-order valence-electron chi connectivity index (χ1n) is 3.26. The van der Waals surface area contributed by atoms with Crippen LogP contribution in [0.5, 0.6) is 0 Å². The second-order valence-electron chi connectivity index (χ2n) is 1.01. The third kappa shape index (κ3) is 710. The summed E-state index contributed by atoms with van der Waals surface area (Å²) in [7, 11) is 0. The summed E-state index contributed by atoms with van der Waals surface area (Å²) in [5, 5.41) is 0. The summed E-state index contributed by atoms with van der Waals surface area (Å²) in [6.45, 7) is 31.4. The van der Waals surface area contributed by atoms with E-state index in [4.69, 9.17) is 39.1 Å². The minimum Gasteiger partial charge on any atom is 0 e. The molecule has 0 atom stereocenters. The van der Waals surface area contributed by atoms with Gasteiger partial charge in [0.2, 0.25) is 0 Å². The van der Waals surface area contributed by atoms with Crippen molar-refractivity contribution in [2.75, 3.05) is 13.2 Å². The number of rotatable bonds is 3. The van der Waals surface area contributed by atoms with E-state index in [0.29, 0.717) is 13.2 Å². The van der Waals surface area contributed by atoms with Crippen molar-refractivity contribution in [1.29, 1.82) is 0 Å². The van der Waals surface area contributed by atoms with Crippen molar-refractivity contribution >= 4 is 0 Å². The Morgan fingerprint density at radius 2 is 1.05 bits per heavy atom. The molecule has 9 heteroatoms. The Morgan fingerprint density at radius 3 is 1.19 bits per heavy atom. The molecule has 0 N–H and O–H groups in total. The maximum absolute atomic E-state index is 7.50. The number of terminal acetylenes is 1. The summed E-state index contributed by atoms with van der Waals surface area (Å²) < 4.78 is 49.8. The average molecular weight is 382 g/mol. The molecular weight excluding hydrogens is 374 g/mol. The molecule has 0 saturated carbocycles. The predicted molar refractivity (Wildman–Crippen MR) is 53.4 cm³/mol. The van der Waals surface area contributed by atoms with Gasteiger partial charge < -0.3 is 4.74 Å². The zero-order valence-electron chi connectivity index (χ0n) is 10.3. The van der Waals surface area contributed by atoms with Gasteiger partial charge in [-0.25, -0.2) is 0 Å². The van der Waals surface area contributed by atoms with E-state index >= 15 is 0 Å². The van der Waals surface area contributed by atoms with E-state index in [2.05, 4.69) is 52.4 Å². The molecule has 0 aromatic rings. The van der Waals surface area contributed by atoms with Crippen LogP contribution in [0, 0.1) is 52.2 Å². The van der Waals surface area contributed by atoms with Gasteiger partial charge in [0.15, 0.2) is 0 Å².